The molecule has 2 heterocycles. The molecular formula is C23H23F2N5O. The number of rotatable bonds is 5. The monoisotopic (exact) mass is 423 g/mol. The molecule has 0 aliphatic carbocycles. The zero-order valence-electron chi connectivity index (χ0n) is 16.9. The van der Waals surface area contributed by atoms with Gasteiger partial charge in [-0.3, -0.25) is 9.69 Å². The van der Waals surface area contributed by atoms with Crippen molar-refractivity contribution in [1.82, 2.24) is 14.9 Å². The number of benzene rings is 2. The highest BCUT2D eigenvalue weighted by Crippen LogP contribution is 2.33. The highest BCUT2D eigenvalue weighted by Gasteiger charge is 2.26. The maximum absolute atomic E-state index is 13.8. The number of nitrogen functional groups attached to an aromatic ring is 1. The van der Waals surface area contributed by atoms with Gasteiger partial charge in [0.15, 0.2) is 0 Å². The molecule has 1 atom stereocenters. The van der Waals surface area contributed by atoms with E-state index in [4.69, 9.17) is 5.73 Å². The number of aromatic nitrogens is 2. The second kappa shape index (κ2) is 9.18. The van der Waals surface area contributed by atoms with Gasteiger partial charge in [0.2, 0.25) is 11.9 Å². The van der Waals surface area contributed by atoms with Crippen LogP contribution in [0.15, 0.2) is 54.7 Å². The SMILES string of the molecule is Nc1ncc(-c2cccc(F)c2)c([C@@H]2CCCN(CC(=O)Nc3ccc(F)cc3)C2)n1. The first kappa shape index (κ1) is 20.9. The molecule has 0 spiro atoms. The summed E-state index contributed by atoms with van der Waals surface area (Å²) >= 11 is 0. The summed E-state index contributed by atoms with van der Waals surface area (Å²) in [5.41, 5.74) is 8.61. The minimum Gasteiger partial charge on any atom is -0.368 e. The van der Waals surface area contributed by atoms with Gasteiger partial charge in [0.25, 0.3) is 0 Å². The number of halogens is 2. The highest BCUT2D eigenvalue weighted by atomic mass is 19.1. The second-order valence-electron chi connectivity index (χ2n) is 7.67. The number of anilines is 2. The van der Waals surface area contributed by atoms with Gasteiger partial charge in [0.05, 0.1) is 12.2 Å². The van der Waals surface area contributed by atoms with Gasteiger partial charge in [0.1, 0.15) is 11.6 Å². The van der Waals surface area contributed by atoms with Gasteiger partial charge in [-0.25, -0.2) is 18.7 Å². The van der Waals surface area contributed by atoms with Crippen molar-refractivity contribution in [3.8, 4) is 11.1 Å². The lowest BCUT2D eigenvalue weighted by molar-refractivity contribution is -0.117. The molecule has 4 rings (SSSR count). The largest absolute Gasteiger partial charge is 0.368 e. The van der Waals surface area contributed by atoms with E-state index in [2.05, 4.69) is 20.2 Å². The number of hydrogen-bond acceptors (Lipinski definition) is 5. The Morgan fingerprint density at radius 1 is 1.16 bits per heavy atom. The minimum absolute atomic E-state index is 0.0379. The molecule has 0 unspecified atom stereocenters. The Hall–Kier alpha value is -3.39. The zero-order chi connectivity index (χ0) is 21.8. The van der Waals surface area contributed by atoms with Gasteiger partial charge >= 0.3 is 0 Å². The summed E-state index contributed by atoms with van der Waals surface area (Å²) < 4.78 is 26.8. The Labute approximate surface area is 179 Å². The molecule has 160 valence electrons. The lowest BCUT2D eigenvalue weighted by Crippen LogP contribution is -2.40. The summed E-state index contributed by atoms with van der Waals surface area (Å²) in [4.78, 5) is 23.1. The fraction of sp³-hybridized carbons (Fsp3) is 0.261. The Morgan fingerprint density at radius 2 is 1.97 bits per heavy atom. The minimum atomic E-state index is -0.352. The van der Waals surface area contributed by atoms with Crippen molar-refractivity contribution >= 4 is 17.5 Å². The second-order valence-corrected chi connectivity index (χ2v) is 7.67. The third-order valence-electron chi connectivity index (χ3n) is 5.36. The average molecular weight is 423 g/mol. The molecule has 1 amide bonds. The lowest BCUT2D eigenvalue weighted by Gasteiger charge is -2.32. The van der Waals surface area contributed by atoms with Gasteiger partial charge in [0, 0.05) is 29.9 Å². The first-order valence-corrected chi connectivity index (χ1v) is 10.1. The van der Waals surface area contributed by atoms with Crippen LogP contribution < -0.4 is 11.1 Å². The topological polar surface area (TPSA) is 84.1 Å². The van der Waals surface area contributed by atoms with E-state index in [0.29, 0.717) is 17.8 Å². The molecule has 3 aromatic rings. The summed E-state index contributed by atoms with van der Waals surface area (Å²) in [7, 11) is 0. The van der Waals surface area contributed by atoms with E-state index in [1.807, 2.05) is 6.07 Å². The van der Waals surface area contributed by atoms with E-state index < -0.39 is 0 Å². The number of likely N-dealkylation sites (tertiary alicyclic amines) is 1. The van der Waals surface area contributed by atoms with Crippen LogP contribution in [0.3, 0.4) is 0 Å². The fourth-order valence-electron chi connectivity index (χ4n) is 3.96. The maximum atomic E-state index is 13.8. The van der Waals surface area contributed by atoms with E-state index in [0.717, 1.165) is 30.6 Å². The number of nitrogens with one attached hydrogen (secondary N) is 1. The Bertz CT molecular complexity index is 1070. The molecule has 0 saturated carbocycles. The van der Waals surface area contributed by atoms with Crippen LogP contribution in [0.1, 0.15) is 24.5 Å². The van der Waals surface area contributed by atoms with Crippen LogP contribution in [-0.2, 0) is 4.79 Å². The van der Waals surface area contributed by atoms with Crippen LogP contribution in [0, 0.1) is 11.6 Å². The quantitative estimate of drug-likeness (QED) is 0.652. The maximum Gasteiger partial charge on any atom is 0.238 e. The Kier molecular flexibility index (Phi) is 6.18. The van der Waals surface area contributed by atoms with E-state index >= 15 is 0 Å². The third kappa shape index (κ3) is 5.21. The van der Waals surface area contributed by atoms with Crippen molar-refractivity contribution in [2.45, 2.75) is 18.8 Å². The molecule has 1 saturated heterocycles. The molecule has 0 bridgehead atoms. The number of amides is 1. The van der Waals surface area contributed by atoms with Gasteiger partial charge in [-0.05, 0) is 61.3 Å². The fourth-order valence-corrected chi connectivity index (χ4v) is 3.96. The number of piperidine rings is 1. The first-order valence-electron chi connectivity index (χ1n) is 10.1. The van der Waals surface area contributed by atoms with E-state index in [-0.39, 0.29) is 36.0 Å². The highest BCUT2D eigenvalue weighted by molar-refractivity contribution is 5.92. The van der Waals surface area contributed by atoms with E-state index in [1.54, 1.807) is 12.3 Å². The molecule has 1 aliphatic heterocycles. The molecule has 31 heavy (non-hydrogen) atoms. The van der Waals surface area contributed by atoms with Crippen LogP contribution in [0.5, 0.6) is 0 Å². The summed E-state index contributed by atoms with van der Waals surface area (Å²) in [5, 5.41) is 2.79. The third-order valence-corrected chi connectivity index (χ3v) is 5.36. The van der Waals surface area contributed by atoms with Gasteiger partial charge in [-0.2, -0.15) is 0 Å². The molecular weight excluding hydrogens is 400 g/mol. The van der Waals surface area contributed by atoms with Crippen LogP contribution in [-0.4, -0.2) is 40.4 Å². The summed E-state index contributed by atoms with van der Waals surface area (Å²) in [6.45, 7) is 1.61. The van der Waals surface area contributed by atoms with Crippen molar-refractivity contribution in [1.29, 1.82) is 0 Å². The van der Waals surface area contributed by atoms with Crippen molar-refractivity contribution < 1.29 is 13.6 Å². The summed E-state index contributed by atoms with van der Waals surface area (Å²) in [6.07, 6.45) is 3.41. The average Bonchev–Trinajstić information content (AvgIpc) is 2.75. The summed E-state index contributed by atoms with van der Waals surface area (Å²) in [6, 6.07) is 12.0. The number of nitrogens with two attached hydrogens (primary N) is 1. The summed E-state index contributed by atoms with van der Waals surface area (Å²) in [5.74, 6) is -0.643. The van der Waals surface area contributed by atoms with Crippen LogP contribution >= 0.6 is 0 Å². The molecule has 8 heteroatoms. The molecule has 1 aliphatic rings. The zero-order valence-corrected chi connectivity index (χ0v) is 16.9. The van der Waals surface area contributed by atoms with Gasteiger partial charge < -0.3 is 11.1 Å². The molecule has 1 aromatic heterocycles. The molecule has 2 aromatic carbocycles. The van der Waals surface area contributed by atoms with Crippen LogP contribution in [0.2, 0.25) is 0 Å². The predicted molar refractivity (Wildman–Crippen MR) is 115 cm³/mol. The molecule has 1 fully saturated rings. The van der Waals surface area contributed by atoms with Crippen molar-refractivity contribution in [2.75, 3.05) is 30.7 Å². The Morgan fingerprint density at radius 3 is 2.74 bits per heavy atom. The predicted octanol–water partition coefficient (Wildman–Crippen LogP) is 3.82. The van der Waals surface area contributed by atoms with Gasteiger partial charge in [-0.15, -0.1) is 0 Å². The smallest absolute Gasteiger partial charge is 0.238 e. The van der Waals surface area contributed by atoms with Crippen molar-refractivity contribution in [3.63, 3.8) is 0 Å². The number of carbonyl (C=O) groups excluding carboxylic acids is 1. The first-order chi connectivity index (χ1) is 15.0. The standard InChI is InChI=1S/C23H23F2N5O/c24-17-6-8-19(9-7-17)28-21(31)14-30-10-2-4-16(13-30)22-20(12-27-23(26)29-22)15-3-1-5-18(25)11-15/h1,3,5-9,11-12,16H,2,4,10,13-14H2,(H,28,31)(H2,26,27,29)/t16-/m1/s1. The number of hydrogen-bond donors (Lipinski definition) is 2. The van der Waals surface area contributed by atoms with Gasteiger partial charge in [-0.1, -0.05) is 12.1 Å². The number of nitrogens with zero attached hydrogens (tertiary/aromatic N) is 3. The Balaban J connectivity index is 1.49. The van der Waals surface area contributed by atoms with Crippen molar-refractivity contribution in [2.24, 2.45) is 0 Å². The van der Waals surface area contributed by atoms with E-state index in [9.17, 15) is 13.6 Å². The number of carbonyl (C=O) groups is 1. The van der Waals surface area contributed by atoms with Crippen LogP contribution in [0.25, 0.3) is 11.1 Å². The van der Waals surface area contributed by atoms with Crippen molar-refractivity contribution in [3.05, 3.63) is 72.1 Å². The van der Waals surface area contributed by atoms with Crippen LogP contribution in [0.4, 0.5) is 20.4 Å². The molecule has 3 N–H and O–H groups in total. The normalized spacial score (nSPS) is 16.8. The molecule has 6 nitrogen and oxygen atoms in total. The van der Waals surface area contributed by atoms with E-state index in [1.165, 1.54) is 36.4 Å². The molecule has 0 radical (unpaired) electrons. The lowest BCUT2D eigenvalue weighted by atomic mass is 9.90.